The number of nitrogens with zero attached hydrogens (tertiary/aromatic N) is 3. The minimum Gasteiger partial charge on any atom is -0.369 e. The van der Waals surface area contributed by atoms with Crippen molar-refractivity contribution in [1.82, 2.24) is 9.88 Å². The predicted octanol–water partition coefficient (Wildman–Crippen LogP) is 5.45. The Labute approximate surface area is 198 Å². The number of hydrogen-bond acceptors (Lipinski definition) is 6. The molecule has 2 heterocycles. The van der Waals surface area contributed by atoms with Gasteiger partial charge in [0.05, 0.1) is 0 Å². The third-order valence-corrected chi connectivity index (χ3v) is 8.03. The van der Waals surface area contributed by atoms with Gasteiger partial charge in [-0.2, -0.15) is 0 Å². The molecule has 0 radical (unpaired) electrons. The fourth-order valence-corrected chi connectivity index (χ4v) is 5.60. The number of amides is 1. The molecule has 5 nitrogen and oxygen atoms in total. The van der Waals surface area contributed by atoms with Crippen LogP contribution < -0.4 is 10.2 Å². The van der Waals surface area contributed by atoms with Gasteiger partial charge in [0.25, 0.3) is 5.91 Å². The molecule has 1 saturated heterocycles. The largest absolute Gasteiger partial charge is 0.369 e. The predicted molar refractivity (Wildman–Crippen MR) is 136 cm³/mol. The Hall–Kier alpha value is -2.35. The molecule has 1 N–H and O–H groups in total. The van der Waals surface area contributed by atoms with Crippen LogP contribution in [0.3, 0.4) is 0 Å². The lowest BCUT2D eigenvalue weighted by molar-refractivity contribution is 0.102. The monoisotopic (exact) mass is 466 g/mol. The Morgan fingerprint density at radius 3 is 2.47 bits per heavy atom. The number of likely N-dealkylation sites (N-methyl/N-ethyl adjacent to an activating group) is 1. The summed E-state index contributed by atoms with van der Waals surface area (Å²) in [7, 11) is 0. The molecule has 1 fully saturated rings. The van der Waals surface area contributed by atoms with Gasteiger partial charge in [0.15, 0.2) is 0 Å². The number of benzene rings is 2. The average molecular weight is 467 g/mol. The van der Waals surface area contributed by atoms with Crippen LogP contribution in [0.15, 0.2) is 52.2 Å². The summed E-state index contributed by atoms with van der Waals surface area (Å²) >= 11 is 3.40. The second-order valence-electron chi connectivity index (χ2n) is 8.12. The van der Waals surface area contributed by atoms with Gasteiger partial charge in [0.2, 0.25) is 0 Å². The van der Waals surface area contributed by atoms with E-state index in [0.29, 0.717) is 5.56 Å². The van der Waals surface area contributed by atoms with Gasteiger partial charge < -0.3 is 15.1 Å². The number of anilines is 2. The zero-order valence-corrected chi connectivity index (χ0v) is 20.6. The molecule has 0 saturated carbocycles. The zero-order chi connectivity index (χ0) is 22.5. The van der Waals surface area contributed by atoms with Crippen molar-refractivity contribution in [3.8, 4) is 0 Å². The van der Waals surface area contributed by atoms with Gasteiger partial charge >= 0.3 is 0 Å². The van der Waals surface area contributed by atoms with Gasteiger partial charge in [0.1, 0.15) is 4.34 Å². The minimum absolute atomic E-state index is 0.0767. The summed E-state index contributed by atoms with van der Waals surface area (Å²) < 4.78 is 1.08. The molecule has 1 amide bonds. The number of hydrogen-bond donors (Lipinski definition) is 1. The van der Waals surface area contributed by atoms with Gasteiger partial charge in [-0.05, 0) is 61.9 Å². The van der Waals surface area contributed by atoms with Crippen LogP contribution in [-0.4, -0.2) is 48.5 Å². The van der Waals surface area contributed by atoms with Crippen LogP contribution in [0.2, 0.25) is 0 Å². The van der Waals surface area contributed by atoms with E-state index in [-0.39, 0.29) is 5.91 Å². The van der Waals surface area contributed by atoms with Crippen molar-refractivity contribution in [2.75, 3.05) is 42.9 Å². The number of carbonyl (C=O) groups excluding carboxylic acids is 1. The third kappa shape index (κ3) is 5.71. The molecule has 0 spiro atoms. The normalized spacial score (nSPS) is 14.5. The highest BCUT2D eigenvalue weighted by Crippen LogP contribution is 2.27. The molecule has 3 aromatic rings. The maximum Gasteiger partial charge on any atom is 0.255 e. The number of aromatic nitrogens is 1. The topological polar surface area (TPSA) is 48.5 Å². The number of thioether (sulfide) groups is 1. The fourth-order valence-electron chi connectivity index (χ4n) is 3.80. The van der Waals surface area contributed by atoms with E-state index in [1.54, 1.807) is 23.1 Å². The highest BCUT2D eigenvalue weighted by atomic mass is 32.2. The van der Waals surface area contributed by atoms with Gasteiger partial charge in [0, 0.05) is 59.9 Å². The smallest absolute Gasteiger partial charge is 0.255 e. The lowest BCUT2D eigenvalue weighted by Gasteiger charge is -2.35. The molecule has 0 bridgehead atoms. The first-order chi connectivity index (χ1) is 15.5. The van der Waals surface area contributed by atoms with E-state index >= 15 is 0 Å². The molecule has 0 atom stereocenters. The molecule has 4 rings (SSSR count). The number of nitrogens with one attached hydrogen (secondary N) is 1. The van der Waals surface area contributed by atoms with Crippen molar-refractivity contribution >= 4 is 40.4 Å². The zero-order valence-electron chi connectivity index (χ0n) is 18.9. The van der Waals surface area contributed by atoms with Crippen molar-refractivity contribution < 1.29 is 4.79 Å². The Morgan fingerprint density at radius 1 is 1.09 bits per heavy atom. The van der Waals surface area contributed by atoms with Crippen LogP contribution in [0.4, 0.5) is 11.4 Å². The summed E-state index contributed by atoms with van der Waals surface area (Å²) in [5.74, 6) is 0.772. The third-order valence-electron chi connectivity index (χ3n) is 5.82. The standard InChI is InChI=1S/C25H30N4OS2/c1-4-28-11-13-29(14-12-28)22-9-10-23(18(2)15-22)27-24(30)21-7-5-20(6-8-21)17-32-25-26-19(3)16-31-25/h5-10,15-16H,4,11-14,17H2,1-3H3,(H,27,30). The van der Waals surface area contributed by atoms with Crippen LogP contribution in [0.25, 0.3) is 0 Å². The molecule has 1 aliphatic rings. The van der Waals surface area contributed by atoms with E-state index < -0.39 is 0 Å². The first-order valence-electron chi connectivity index (χ1n) is 11.0. The maximum atomic E-state index is 12.8. The summed E-state index contributed by atoms with van der Waals surface area (Å²) in [6.45, 7) is 11.7. The molecule has 1 aliphatic heterocycles. The molecule has 7 heteroatoms. The lowest BCUT2D eigenvalue weighted by atomic mass is 10.1. The Kier molecular flexibility index (Phi) is 7.50. The lowest BCUT2D eigenvalue weighted by Crippen LogP contribution is -2.46. The summed E-state index contributed by atoms with van der Waals surface area (Å²) in [6.07, 6.45) is 0. The van der Waals surface area contributed by atoms with Crippen LogP contribution in [0, 0.1) is 13.8 Å². The fraction of sp³-hybridized carbons (Fsp3) is 0.360. The molecule has 2 aromatic carbocycles. The Balaban J connectivity index is 1.34. The van der Waals surface area contributed by atoms with Crippen molar-refractivity contribution in [3.05, 3.63) is 70.2 Å². The first kappa shape index (κ1) is 22.8. The van der Waals surface area contributed by atoms with E-state index in [1.807, 2.05) is 37.3 Å². The second-order valence-corrected chi connectivity index (χ2v) is 10.2. The SMILES string of the molecule is CCN1CCN(c2ccc(NC(=O)c3ccc(CSc4nc(C)cs4)cc3)c(C)c2)CC1. The van der Waals surface area contributed by atoms with E-state index in [4.69, 9.17) is 0 Å². The minimum atomic E-state index is -0.0767. The van der Waals surface area contributed by atoms with E-state index in [0.717, 1.165) is 59.8 Å². The van der Waals surface area contributed by atoms with Gasteiger partial charge in [-0.25, -0.2) is 4.98 Å². The number of piperazine rings is 1. The summed E-state index contributed by atoms with van der Waals surface area (Å²) in [4.78, 5) is 22.2. The Bertz CT molecular complexity index is 1060. The van der Waals surface area contributed by atoms with Crippen molar-refractivity contribution in [3.63, 3.8) is 0 Å². The molecule has 1 aromatic heterocycles. The quantitative estimate of drug-likeness (QED) is 0.470. The molecular weight excluding hydrogens is 436 g/mol. The molecule has 0 aliphatic carbocycles. The van der Waals surface area contributed by atoms with Gasteiger partial charge in [-0.15, -0.1) is 11.3 Å². The van der Waals surface area contributed by atoms with Crippen molar-refractivity contribution in [1.29, 1.82) is 0 Å². The van der Waals surface area contributed by atoms with Crippen molar-refractivity contribution in [2.45, 2.75) is 30.9 Å². The molecule has 168 valence electrons. The summed E-state index contributed by atoms with van der Waals surface area (Å²) in [6, 6.07) is 14.2. The van der Waals surface area contributed by atoms with Gasteiger partial charge in [-0.1, -0.05) is 30.8 Å². The Morgan fingerprint density at radius 2 is 1.84 bits per heavy atom. The van der Waals surface area contributed by atoms with E-state index in [1.165, 1.54) is 11.3 Å². The molecular formula is C25H30N4OS2. The van der Waals surface area contributed by atoms with Gasteiger partial charge in [-0.3, -0.25) is 4.79 Å². The number of aryl methyl sites for hydroxylation is 2. The van der Waals surface area contributed by atoms with E-state index in [9.17, 15) is 4.79 Å². The second kappa shape index (κ2) is 10.5. The maximum absolute atomic E-state index is 12.8. The van der Waals surface area contributed by atoms with Crippen LogP contribution in [0.5, 0.6) is 0 Å². The summed E-state index contributed by atoms with van der Waals surface area (Å²) in [5.41, 5.74) is 6.09. The van der Waals surface area contributed by atoms with Crippen LogP contribution in [0.1, 0.15) is 34.1 Å². The summed E-state index contributed by atoms with van der Waals surface area (Å²) in [5, 5.41) is 5.14. The molecule has 0 unspecified atom stereocenters. The van der Waals surface area contributed by atoms with Crippen LogP contribution >= 0.6 is 23.1 Å². The van der Waals surface area contributed by atoms with Crippen molar-refractivity contribution in [2.24, 2.45) is 0 Å². The number of carbonyl (C=O) groups is 1. The van der Waals surface area contributed by atoms with E-state index in [2.05, 4.69) is 51.5 Å². The average Bonchev–Trinajstić information content (AvgIpc) is 3.24. The number of rotatable bonds is 7. The first-order valence-corrected chi connectivity index (χ1v) is 12.9. The number of thiazole rings is 1. The highest BCUT2D eigenvalue weighted by molar-refractivity contribution is 8.00. The highest BCUT2D eigenvalue weighted by Gasteiger charge is 2.17. The van der Waals surface area contributed by atoms with Crippen LogP contribution in [-0.2, 0) is 5.75 Å². The molecule has 32 heavy (non-hydrogen) atoms.